The fraction of sp³-hybridized carbons (Fsp3) is 0.923. The Labute approximate surface area is 218 Å². The first-order valence-electron chi connectivity index (χ1n) is 13.5. The van der Waals surface area contributed by atoms with E-state index in [1.807, 2.05) is 6.92 Å². The predicted octanol–water partition coefficient (Wildman–Crippen LogP) is 5.78. The van der Waals surface area contributed by atoms with Gasteiger partial charge in [-0.3, -0.25) is 14.2 Å². The van der Waals surface area contributed by atoms with Crippen molar-refractivity contribution in [3.8, 4) is 0 Å². The molecule has 214 valence electrons. The second-order valence-electron chi connectivity index (χ2n) is 9.06. The van der Waals surface area contributed by atoms with Crippen LogP contribution in [0.15, 0.2) is 0 Å². The summed E-state index contributed by atoms with van der Waals surface area (Å²) in [6.07, 6.45) is 7.36. The van der Waals surface area contributed by atoms with E-state index in [9.17, 15) is 14.2 Å². The highest BCUT2D eigenvalue weighted by Gasteiger charge is 2.45. The molecule has 0 rings (SSSR count). The lowest BCUT2D eigenvalue weighted by atomic mass is 10.0. The lowest BCUT2D eigenvalue weighted by Gasteiger charge is -2.26. The highest BCUT2D eigenvalue weighted by molar-refractivity contribution is 7.55. The van der Waals surface area contributed by atoms with Crippen LogP contribution in [0, 0.1) is 11.8 Å². The maximum absolute atomic E-state index is 13.8. The molecule has 0 fully saturated rings. The third-order valence-electron chi connectivity index (χ3n) is 6.16. The number of carbonyl (C=O) groups is 2. The molecule has 0 bridgehead atoms. The van der Waals surface area contributed by atoms with Gasteiger partial charge in [0.05, 0.1) is 46.1 Å². The molecule has 0 aromatic heterocycles. The van der Waals surface area contributed by atoms with Gasteiger partial charge in [-0.25, -0.2) is 0 Å². The van der Waals surface area contributed by atoms with Gasteiger partial charge >= 0.3 is 19.5 Å². The first-order valence-corrected chi connectivity index (χ1v) is 15.1. The van der Waals surface area contributed by atoms with E-state index in [2.05, 4.69) is 20.8 Å². The summed E-state index contributed by atoms with van der Waals surface area (Å²) in [7, 11) is -1.14. The maximum atomic E-state index is 13.8. The largest absolute Gasteiger partial charge is 0.465 e. The number of esters is 2. The Hall–Kier alpha value is -0.990. The molecule has 10 heteroatoms. The Morgan fingerprint density at radius 1 is 0.722 bits per heavy atom. The van der Waals surface area contributed by atoms with Crippen LogP contribution in [0.25, 0.3) is 0 Å². The Balaban J connectivity index is 5.58. The minimum absolute atomic E-state index is 0.0669. The van der Waals surface area contributed by atoms with E-state index in [4.69, 9.17) is 28.0 Å². The third kappa shape index (κ3) is 15.3. The van der Waals surface area contributed by atoms with Crippen molar-refractivity contribution in [2.45, 2.75) is 91.1 Å². The van der Waals surface area contributed by atoms with Crippen molar-refractivity contribution in [3.63, 3.8) is 0 Å². The Morgan fingerprint density at radius 2 is 1.19 bits per heavy atom. The van der Waals surface area contributed by atoms with Crippen molar-refractivity contribution in [1.82, 2.24) is 0 Å². The summed E-state index contributed by atoms with van der Waals surface area (Å²) in [5.74, 6) is -0.978. The number of rotatable bonds is 24. The fourth-order valence-electron chi connectivity index (χ4n) is 3.56. The van der Waals surface area contributed by atoms with Crippen molar-refractivity contribution in [2.75, 3.05) is 53.9 Å². The lowest BCUT2D eigenvalue weighted by Crippen LogP contribution is -2.31. The number of methoxy groups -OCH3 is 2. The number of unbranched alkanes of at least 4 members (excludes halogenated alkanes) is 2. The van der Waals surface area contributed by atoms with Crippen LogP contribution >= 0.6 is 7.60 Å². The number of hydrogen-bond donors (Lipinski definition) is 0. The smallest absolute Gasteiger partial charge is 0.345 e. The average molecular weight is 539 g/mol. The van der Waals surface area contributed by atoms with Crippen LogP contribution in [-0.2, 0) is 42.1 Å². The highest BCUT2D eigenvalue weighted by atomic mass is 31.2. The minimum atomic E-state index is -4.10. The molecule has 0 saturated carbocycles. The van der Waals surface area contributed by atoms with E-state index >= 15 is 0 Å². The molecular formula is C26H51O9P. The molecule has 3 atom stereocenters. The SMILES string of the molecule is CCCC[C@@H](CC)COC(=O)C[C@H](C(=O)OC[C@@H](CC)CCCC)P(=O)(OCCOC)OCCOC. The summed E-state index contributed by atoms with van der Waals surface area (Å²) in [6, 6.07) is 0. The van der Waals surface area contributed by atoms with Crippen LogP contribution in [0.1, 0.15) is 85.5 Å². The Bertz CT molecular complexity index is 600. The molecule has 0 aliphatic carbocycles. The first kappa shape index (κ1) is 35.0. The molecule has 0 radical (unpaired) electrons. The normalized spacial score (nSPS) is 14.3. The molecule has 0 aliphatic heterocycles. The van der Waals surface area contributed by atoms with Gasteiger partial charge in [0.1, 0.15) is 0 Å². The minimum Gasteiger partial charge on any atom is -0.465 e. The summed E-state index contributed by atoms with van der Waals surface area (Å²) in [4.78, 5) is 26.0. The average Bonchev–Trinajstić information content (AvgIpc) is 2.87. The van der Waals surface area contributed by atoms with Crippen LogP contribution in [0.3, 0.4) is 0 Å². The van der Waals surface area contributed by atoms with Crippen LogP contribution in [-0.4, -0.2) is 71.5 Å². The second-order valence-corrected chi connectivity index (χ2v) is 11.3. The van der Waals surface area contributed by atoms with E-state index in [-0.39, 0.29) is 51.5 Å². The summed E-state index contributed by atoms with van der Waals surface area (Å²) in [5.41, 5.74) is -1.43. The van der Waals surface area contributed by atoms with Gasteiger partial charge in [-0.1, -0.05) is 66.2 Å². The van der Waals surface area contributed by atoms with Crippen molar-refractivity contribution in [3.05, 3.63) is 0 Å². The van der Waals surface area contributed by atoms with Crippen LogP contribution in [0.5, 0.6) is 0 Å². The quantitative estimate of drug-likeness (QED) is 0.0858. The molecule has 0 amide bonds. The number of hydrogen-bond acceptors (Lipinski definition) is 9. The van der Waals surface area contributed by atoms with E-state index < -0.39 is 31.6 Å². The van der Waals surface area contributed by atoms with Gasteiger partial charge in [0.2, 0.25) is 0 Å². The standard InChI is InChI=1S/C26H51O9P/c1-7-11-13-22(9-3)20-32-25(27)19-24(26(28)33-21-23(10-4)14-12-8-2)36(29,34-17-15-30-5)35-18-16-31-6/h22-24H,7-21H2,1-6H3/t22-,23+,24-/m1/s1. The van der Waals surface area contributed by atoms with E-state index in [1.165, 1.54) is 14.2 Å². The summed E-state index contributed by atoms with van der Waals surface area (Å²) in [6.45, 7) is 8.92. The first-order chi connectivity index (χ1) is 17.3. The maximum Gasteiger partial charge on any atom is 0.345 e. The highest BCUT2D eigenvalue weighted by Crippen LogP contribution is 2.55. The van der Waals surface area contributed by atoms with Crippen LogP contribution < -0.4 is 0 Å². The zero-order chi connectivity index (χ0) is 27.2. The van der Waals surface area contributed by atoms with Gasteiger partial charge in [0.15, 0.2) is 5.66 Å². The number of ether oxygens (including phenoxy) is 4. The van der Waals surface area contributed by atoms with Crippen LogP contribution in [0.4, 0.5) is 0 Å². The van der Waals surface area contributed by atoms with Gasteiger partial charge < -0.3 is 28.0 Å². The topological polar surface area (TPSA) is 107 Å². The zero-order valence-corrected chi connectivity index (χ0v) is 24.4. The molecule has 0 unspecified atom stereocenters. The van der Waals surface area contributed by atoms with Gasteiger partial charge in [-0.15, -0.1) is 0 Å². The van der Waals surface area contributed by atoms with Gasteiger partial charge in [0.25, 0.3) is 0 Å². The van der Waals surface area contributed by atoms with E-state index in [0.717, 1.165) is 51.4 Å². The summed E-state index contributed by atoms with van der Waals surface area (Å²) >= 11 is 0. The van der Waals surface area contributed by atoms with Gasteiger partial charge in [-0.2, -0.15) is 0 Å². The molecule has 0 aliphatic rings. The molecule has 9 nitrogen and oxygen atoms in total. The zero-order valence-electron chi connectivity index (χ0n) is 23.5. The van der Waals surface area contributed by atoms with Crippen molar-refractivity contribution >= 4 is 19.5 Å². The predicted molar refractivity (Wildman–Crippen MR) is 140 cm³/mol. The van der Waals surface area contributed by atoms with Crippen molar-refractivity contribution in [2.24, 2.45) is 11.8 Å². The lowest BCUT2D eigenvalue weighted by molar-refractivity contribution is -0.152. The van der Waals surface area contributed by atoms with Crippen LogP contribution in [0.2, 0.25) is 0 Å². The molecule has 0 spiro atoms. The molecule has 0 aromatic rings. The molecule has 0 N–H and O–H groups in total. The molecule has 0 saturated heterocycles. The Morgan fingerprint density at radius 3 is 1.61 bits per heavy atom. The Kier molecular flexibility index (Phi) is 21.4. The van der Waals surface area contributed by atoms with Gasteiger partial charge in [0, 0.05) is 14.2 Å². The molecular weight excluding hydrogens is 487 g/mol. The fourth-order valence-corrected chi connectivity index (χ4v) is 5.35. The molecule has 36 heavy (non-hydrogen) atoms. The third-order valence-corrected chi connectivity index (χ3v) is 8.40. The van der Waals surface area contributed by atoms with E-state index in [0.29, 0.717) is 0 Å². The second kappa shape index (κ2) is 22.0. The van der Waals surface area contributed by atoms with Gasteiger partial charge in [-0.05, 0) is 24.7 Å². The number of carbonyl (C=O) groups excluding carboxylic acids is 2. The van der Waals surface area contributed by atoms with Crippen molar-refractivity contribution in [1.29, 1.82) is 0 Å². The monoisotopic (exact) mass is 538 g/mol. The summed E-state index contributed by atoms with van der Waals surface area (Å²) in [5, 5.41) is 0. The van der Waals surface area contributed by atoms with Crippen molar-refractivity contribution < 1.29 is 42.1 Å². The summed E-state index contributed by atoms with van der Waals surface area (Å²) < 4.78 is 45.9. The molecule has 0 aromatic carbocycles. The van der Waals surface area contributed by atoms with E-state index in [1.54, 1.807) is 0 Å². The molecule has 0 heterocycles.